The van der Waals surface area contributed by atoms with E-state index >= 15 is 0 Å². The summed E-state index contributed by atoms with van der Waals surface area (Å²) in [4.78, 5) is 35.0. The minimum atomic E-state index is -0.848. The van der Waals surface area contributed by atoms with E-state index in [0.29, 0.717) is 21.4 Å². The van der Waals surface area contributed by atoms with Crippen molar-refractivity contribution >= 4 is 46.6 Å². The molecule has 0 heterocycles. The summed E-state index contributed by atoms with van der Waals surface area (Å²) < 4.78 is 10.0. The van der Waals surface area contributed by atoms with Crippen molar-refractivity contribution in [3.8, 4) is 5.75 Å². The lowest BCUT2D eigenvalue weighted by Crippen LogP contribution is -2.21. The van der Waals surface area contributed by atoms with E-state index in [4.69, 9.17) is 21.1 Å². The predicted molar refractivity (Wildman–Crippen MR) is 102 cm³/mol. The van der Waals surface area contributed by atoms with Crippen molar-refractivity contribution in [2.45, 2.75) is 4.90 Å². The number of anilines is 1. The molecule has 2 aromatic carbocycles. The van der Waals surface area contributed by atoms with Gasteiger partial charge in [-0.2, -0.15) is 0 Å². The minimum Gasteiger partial charge on any atom is -0.495 e. The van der Waals surface area contributed by atoms with E-state index in [9.17, 15) is 19.7 Å². The molecule has 142 valence electrons. The van der Waals surface area contributed by atoms with Crippen LogP contribution in [0.15, 0.2) is 41.3 Å². The number of benzene rings is 2. The molecule has 0 fully saturated rings. The van der Waals surface area contributed by atoms with E-state index in [1.54, 1.807) is 18.4 Å². The maximum Gasteiger partial charge on any atom is 0.338 e. The highest BCUT2D eigenvalue weighted by Crippen LogP contribution is 2.29. The van der Waals surface area contributed by atoms with E-state index in [0.717, 1.165) is 6.07 Å². The first-order valence-corrected chi connectivity index (χ1v) is 9.09. The van der Waals surface area contributed by atoms with Gasteiger partial charge in [0.05, 0.1) is 28.2 Å². The number of amides is 1. The van der Waals surface area contributed by atoms with Crippen LogP contribution in [0.25, 0.3) is 0 Å². The number of nitro groups is 1. The molecule has 1 N–H and O–H groups in total. The maximum absolute atomic E-state index is 12.1. The van der Waals surface area contributed by atoms with E-state index in [1.807, 2.05) is 0 Å². The monoisotopic (exact) mass is 410 g/mol. The molecule has 8 nitrogen and oxygen atoms in total. The number of nitrogens with one attached hydrogen (secondary N) is 1. The van der Waals surface area contributed by atoms with Gasteiger partial charge in [0.2, 0.25) is 0 Å². The molecule has 10 heteroatoms. The Balaban J connectivity index is 2.03. The Morgan fingerprint density at radius 1 is 1.26 bits per heavy atom. The molecule has 27 heavy (non-hydrogen) atoms. The van der Waals surface area contributed by atoms with Crippen LogP contribution in [0.3, 0.4) is 0 Å². The minimum absolute atomic E-state index is 0.0207. The molecular weight excluding hydrogens is 396 g/mol. The van der Waals surface area contributed by atoms with Crippen LogP contribution in [-0.4, -0.2) is 36.8 Å². The Hall–Kier alpha value is -2.78. The second kappa shape index (κ2) is 9.24. The highest BCUT2D eigenvalue weighted by molar-refractivity contribution is 7.98. The number of nitrogens with zero attached hydrogens (tertiary/aromatic N) is 1. The van der Waals surface area contributed by atoms with Gasteiger partial charge in [-0.25, -0.2) is 4.79 Å². The van der Waals surface area contributed by atoms with E-state index in [2.05, 4.69) is 5.32 Å². The van der Waals surface area contributed by atoms with Crippen LogP contribution in [-0.2, 0) is 9.53 Å². The fourth-order valence-electron chi connectivity index (χ4n) is 2.14. The van der Waals surface area contributed by atoms with Crippen LogP contribution in [0.4, 0.5) is 11.4 Å². The average molecular weight is 411 g/mol. The summed E-state index contributed by atoms with van der Waals surface area (Å²) in [6.45, 7) is -0.577. The quantitative estimate of drug-likeness (QED) is 0.320. The van der Waals surface area contributed by atoms with Gasteiger partial charge in [-0.1, -0.05) is 11.6 Å². The summed E-state index contributed by atoms with van der Waals surface area (Å²) in [6.07, 6.45) is 1.69. The topological polar surface area (TPSA) is 108 Å². The van der Waals surface area contributed by atoms with Crippen LogP contribution in [0.5, 0.6) is 5.75 Å². The van der Waals surface area contributed by atoms with Crippen molar-refractivity contribution < 1.29 is 24.0 Å². The van der Waals surface area contributed by atoms with E-state index in [1.165, 1.54) is 37.1 Å². The fourth-order valence-corrected chi connectivity index (χ4v) is 2.86. The maximum atomic E-state index is 12.1. The zero-order valence-electron chi connectivity index (χ0n) is 14.4. The fraction of sp³-hybridized carbons (Fsp3) is 0.176. The molecule has 0 radical (unpaired) electrons. The zero-order chi connectivity index (χ0) is 20.0. The first-order chi connectivity index (χ1) is 12.8. The Kier molecular flexibility index (Phi) is 7.03. The molecule has 0 bridgehead atoms. The average Bonchev–Trinajstić information content (AvgIpc) is 2.65. The van der Waals surface area contributed by atoms with Crippen molar-refractivity contribution in [1.29, 1.82) is 0 Å². The standard InChI is InChI=1S/C17H15ClN2O6S/c1-25-14-5-4-11(18)8-12(14)19-16(21)9-26-17(22)10-3-6-15(27-2)13(7-10)20(23)24/h3-8H,9H2,1-2H3,(H,19,21). The number of esters is 1. The number of halogens is 1. The number of carbonyl (C=O) groups excluding carboxylic acids is 2. The third kappa shape index (κ3) is 5.35. The smallest absolute Gasteiger partial charge is 0.338 e. The Morgan fingerprint density at radius 3 is 2.63 bits per heavy atom. The van der Waals surface area contributed by atoms with Gasteiger partial charge in [-0.3, -0.25) is 14.9 Å². The summed E-state index contributed by atoms with van der Waals surface area (Å²) >= 11 is 7.07. The number of thioether (sulfide) groups is 1. The number of hydrogen-bond acceptors (Lipinski definition) is 7. The molecule has 2 aromatic rings. The molecule has 0 atom stereocenters. The Bertz CT molecular complexity index is 890. The second-order valence-electron chi connectivity index (χ2n) is 5.11. The Labute approximate surface area is 163 Å². The summed E-state index contributed by atoms with van der Waals surface area (Å²) in [7, 11) is 1.43. The SMILES string of the molecule is COc1ccc(Cl)cc1NC(=O)COC(=O)c1ccc(SC)c([N+](=O)[O-])c1. The van der Waals surface area contributed by atoms with Crippen molar-refractivity contribution in [3.05, 3.63) is 57.1 Å². The summed E-state index contributed by atoms with van der Waals surface area (Å²) in [5.41, 5.74) is 0.101. The van der Waals surface area contributed by atoms with Crippen molar-refractivity contribution in [1.82, 2.24) is 0 Å². The Morgan fingerprint density at radius 2 is 2.00 bits per heavy atom. The number of nitro benzene ring substituents is 1. The van der Waals surface area contributed by atoms with Crippen molar-refractivity contribution in [2.75, 3.05) is 25.3 Å². The van der Waals surface area contributed by atoms with Crippen LogP contribution in [0, 0.1) is 10.1 Å². The molecule has 0 unspecified atom stereocenters. The zero-order valence-corrected chi connectivity index (χ0v) is 15.9. The third-order valence-corrected chi connectivity index (χ3v) is 4.40. The molecule has 2 rings (SSSR count). The van der Waals surface area contributed by atoms with Crippen LogP contribution >= 0.6 is 23.4 Å². The van der Waals surface area contributed by atoms with E-state index < -0.39 is 23.4 Å². The van der Waals surface area contributed by atoms with Gasteiger partial charge in [-0.05, 0) is 36.6 Å². The van der Waals surface area contributed by atoms with Crippen LogP contribution in [0.1, 0.15) is 10.4 Å². The molecule has 0 aliphatic carbocycles. The third-order valence-electron chi connectivity index (χ3n) is 3.38. The molecule has 0 aliphatic rings. The molecule has 0 aliphatic heterocycles. The highest BCUT2D eigenvalue weighted by atomic mass is 35.5. The molecule has 0 saturated heterocycles. The number of rotatable bonds is 7. The van der Waals surface area contributed by atoms with Gasteiger partial charge >= 0.3 is 5.97 Å². The molecule has 0 spiro atoms. The van der Waals surface area contributed by atoms with Gasteiger partial charge in [0, 0.05) is 11.1 Å². The van der Waals surface area contributed by atoms with Crippen molar-refractivity contribution in [2.24, 2.45) is 0 Å². The highest BCUT2D eigenvalue weighted by Gasteiger charge is 2.19. The number of methoxy groups -OCH3 is 1. The first-order valence-electron chi connectivity index (χ1n) is 7.48. The number of ether oxygens (including phenoxy) is 2. The van der Waals surface area contributed by atoms with Crippen LogP contribution < -0.4 is 10.1 Å². The van der Waals surface area contributed by atoms with Gasteiger partial charge < -0.3 is 14.8 Å². The molecular formula is C17H15ClN2O6S. The lowest BCUT2D eigenvalue weighted by atomic mass is 10.2. The number of carbonyl (C=O) groups is 2. The van der Waals surface area contributed by atoms with Crippen molar-refractivity contribution in [3.63, 3.8) is 0 Å². The lowest BCUT2D eigenvalue weighted by Gasteiger charge is -2.11. The van der Waals surface area contributed by atoms with Gasteiger partial charge in [0.1, 0.15) is 5.75 Å². The largest absolute Gasteiger partial charge is 0.495 e. The van der Waals surface area contributed by atoms with Gasteiger partial charge in [-0.15, -0.1) is 11.8 Å². The molecule has 1 amide bonds. The summed E-state index contributed by atoms with van der Waals surface area (Å²) in [5.74, 6) is -1.07. The first kappa shape index (κ1) is 20.5. The van der Waals surface area contributed by atoms with Gasteiger partial charge in [0.15, 0.2) is 6.61 Å². The second-order valence-corrected chi connectivity index (χ2v) is 6.40. The molecule has 0 aromatic heterocycles. The van der Waals surface area contributed by atoms with E-state index in [-0.39, 0.29) is 11.3 Å². The van der Waals surface area contributed by atoms with Gasteiger partial charge in [0.25, 0.3) is 11.6 Å². The lowest BCUT2D eigenvalue weighted by molar-refractivity contribution is -0.387. The number of hydrogen-bond donors (Lipinski definition) is 1. The summed E-state index contributed by atoms with van der Waals surface area (Å²) in [6, 6.07) is 8.64. The normalized spacial score (nSPS) is 10.2. The molecule has 0 saturated carbocycles. The van der Waals surface area contributed by atoms with Crippen LogP contribution in [0.2, 0.25) is 5.02 Å². The predicted octanol–water partition coefficient (Wildman–Crippen LogP) is 3.77. The summed E-state index contributed by atoms with van der Waals surface area (Å²) in [5, 5.41) is 14.0.